The van der Waals surface area contributed by atoms with E-state index in [1.54, 1.807) is 18.2 Å². The van der Waals surface area contributed by atoms with Crippen molar-refractivity contribution in [1.29, 1.82) is 0 Å². The number of methoxy groups -OCH3 is 2. The Morgan fingerprint density at radius 2 is 1.76 bits per heavy atom. The number of aromatic nitrogens is 1. The van der Waals surface area contributed by atoms with E-state index in [2.05, 4.69) is 10.6 Å². The first-order chi connectivity index (χ1) is 16.1. The van der Waals surface area contributed by atoms with Crippen molar-refractivity contribution in [2.45, 2.75) is 6.18 Å². The number of alkyl halides is 4. The summed E-state index contributed by atoms with van der Waals surface area (Å²) in [6, 6.07) is 8.92. The normalized spacial score (nSPS) is 11.1. The number of hydrogen-bond acceptors (Lipinski definition) is 6. The lowest BCUT2D eigenvalue weighted by Gasteiger charge is -2.14. The van der Waals surface area contributed by atoms with Gasteiger partial charge in [0.05, 0.1) is 25.5 Å². The number of nitrogens with zero attached hydrogens (tertiary/aromatic N) is 1. The Bertz CT molecular complexity index is 1270. The number of rotatable bonds is 7. The fourth-order valence-electron chi connectivity index (χ4n) is 2.93. The molecule has 0 aliphatic carbocycles. The number of benzene rings is 2. The largest absolute Gasteiger partial charge is 0.497 e. The van der Waals surface area contributed by atoms with Crippen LogP contribution in [0.5, 0.6) is 11.5 Å². The Morgan fingerprint density at radius 3 is 2.32 bits per heavy atom. The van der Waals surface area contributed by atoms with Gasteiger partial charge in [-0.05, 0) is 48.6 Å². The van der Waals surface area contributed by atoms with Gasteiger partial charge in [0.15, 0.2) is 3.95 Å². The Kier molecular flexibility index (Phi) is 7.85. The lowest BCUT2D eigenvalue weighted by atomic mass is 10.2. The molecule has 34 heavy (non-hydrogen) atoms. The number of carbonyl (C=O) groups is 2. The third-order valence-corrected chi connectivity index (χ3v) is 6.12. The average molecular weight is 532 g/mol. The molecule has 0 atom stereocenters. The number of carbonyl (C=O) groups excluding carboxylic acids is 2. The summed E-state index contributed by atoms with van der Waals surface area (Å²) in [5.74, 6) is -0.908. The molecule has 0 unspecified atom stereocenters. The minimum Gasteiger partial charge on any atom is -0.497 e. The summed E-state index contributed by atoms with van der Waals surface area (Å²) in [6.07, 6.45) is -4.52. The summed E-state index contributed by atoms with van der Waals surface area (Å²) in [5.41, 5.74) is -0.341. The van der Waals surface area contributed by atoms with Gasteiger partial charge in [-0.15, -0.1) is 11.6 Å². The number of amides is 2. The van der Waals surface area contributed by atoms with Crippen molar-refractivity contribution in [1.82, 2.24) is 4.57 Å². The molecule has 0 saturated carbocycles. The van der Waals surface area contributed by atoms with Crippen molar-refractivity contribution < 1.29 is 32.2 Å². The fourth-order valence-corrected chi connectivity index (χ4v) is 4.29. The maximum atomic E-state index is 13.2. The monoisotopic (exact) mass is 531 g/mol. The third-order valence-electron chi connectivity index (χ3n) is 4.50. The first-order valence-corrected chi connectivity index (χ1v) is 11.2. The van der Waals surface area contributed by atoms with E-state index >= 15 is 0 Å². The number of ether oxygens (including phenoxy) is 2. The van der Waals surface area contributed by atoms with Crippen LogP contribution in [-0.2, 0) is 11.0 Å². The first-order valence-electron chi connectivity index (χ1n) is 9.41. The minimum atomic E-state index is -4.52. The zero-order valence-electron chi connectivity index (χ0n) is 17.7. The Labute approximate surface area is 206 Å². The van der Waals surface area contributed by atoms with Crippen LogP contribution in [0.3, 0.4) is 0 Å². The molecule has 3 rings (SSSR count). The summed E-state index contributed by atoms with van der Waals surface area (Å²) < 4.78 is 50.7. The molecular weight excluding hydrogens is 515 g/mol. The molecule has 2 N–H and O–H groups in total. The first kappa shape index (κ1) is 25.5. The van der Waals surface area contributed by atoms with E-state index in [0.29, 0.717) is 17.2 Å². The van der Waals surface area contributed by atoms with Gasteiger partial charge in [-0.1, -0.05) is 11.3 Å². The van der Waals surface area contributed by atoms with E-state index in [0.717, 1.165) is 23.5 Å². The van der Waals surface area contributed by atoms with Gasteiger partial charge in [0.2, 0.25) is 5.91 Å². The highest BCUT2D eigenvalue weighted by molar-refractivity contribution is 7.73. The highest BCUT2D eigenvalue weighted by Gasteiger charge is 2.30. The highest BCUT2D eigenvalue weighted by Crippen LogP contribution is 2.34. The van der Waals surface area contributed by atoms with Crippen LogP contribution in [0.1, 0.15) is 15.2 Å². The molecule has 0 radical (unpaired) electrons. The Hall–Kier alpha value is -3.09. The van der Waals surface area contributed by atoms with Crippen LogP contribution in [0.4, 0.5) is 24.7 Å². The molecule has 0 fully saturated rings. The predicted octanol–water partition coefficient (Wildman–Crippen LogP) is 5.73. The Balaban J connectivity index is 2.07. The smallest absolute Gasteiger partial charge is 0.416 e. The highest BCUT2D eigenvalue weighted by atomic mass is 35.5. The van der Waals surface area contributed by atoms with Gasteiger partial charge < -0.3 is 20.1 Å². The number of nitrogens with one attached hydrogen (secondary N) is 2. The summed E-state index contributed by atoms with van der Waals surface area (Å²) in [4.78, 5) is 25.2. The second-order valence-corrected chi connectivity index (χ2v) is 8.54. The van der Waals surface area contributed by atoms with E-state index in [9.17, 15) is 22.8 Å². The summed E-state index contributed by atoms with van der Waals surface area (Å²) in [7, 11) is 2.89. The van der Waals surface area contributed by atoms with E-state index in [-0.39, 0.29) is 20.3 Å². The van der Waals surface area contributed by atoms with Gasteiger partial charge in [0, 0.05) is 11.8 Å². The molecule has 0 saturated heterocycles. The summed E-state index contributed by atoms with van der Waals surface area (Å²) in [5, 5.41) is 5.19. The minimum absolute atomic E-state index is 0.00763. The molecule has 0 aliphatic heterocycles. The molecule has 3 aromatic rings. The van der Waals surface area contributed by atoms with E-state index < -0.39 is 29.4 Å². The number of hydrogen-bond donors (Lipinski definition) is 2. The summed E-state index contributed by atoms with van der Waals surface area (Å²) in [6.45, 7) is 0. The topological polar surface area (TPSA) is 81.6 Å². The Morgan fingerprint density at radius 1 is 1.09 bits per heavy atom. The van der Waals surface area contributed by atoms with Crippen molar-refractivity contribution in [3.05, 3.63) is 56.9 Å². The van der Waals surface area contributed by atoms with Crippen LogP contribution in [0.25, 0.3) is 5.69 Å². The third kappa shape index (κ3) is 5.51. The van der Waals surface area contributed by atoms with Gasteiger partial charge >= 0.3 is 6.18 Å². The van der Waals surface area contributed by atoms with Crippen LogP contribution in [0, 0.1) is 3.95 Å². The number of halogens is 4. The van der Waals surface area contributed by atoms with Crippen LogP contribution >= 0.6 is 35.2 Å². The van der Waals surface area contributed by atoms with Gasteiger partial charge in [-0.25, -0.2) is 0 Å². The molecule has 2 aromatic carbocycles. The standard InChI is InChI=1S/C21H17ClF3N3O4S2/c1-31-13-7-8-15(32-2)14(9-13)26-19(30)17-18(27-16(29)10-22)28(20(33)34-17)12-5-3-11(4-6-12)21(23,24)25/h3-9H,10H2,1-2H3,(H,26,30)(H,27,29). The quantitative estimate of drug-likeness (QED) is 0.300. The zero-order chi connectivity index (χ0) is 25.0. The van der Waals surface area contributed by atoms with Gasteiger partial charge in [0.25, 0.3) is 5.91 Å². The number of anilines is 2. The van der Waals surface area contributed by atoms with Crippen molar-refractivity contribution in [2.75, 3.05) is 30.7 Å². The molecule has 2 amide bonds. The van der Waals surface area contributed by atoms with Crippen LogP contribution in [-0.4, -0.2) is 36.5 Å². The number of thiazole rings is 1. The fraction of sp³-hybridized carbons (Fsp3) is 0.190. The van der Waals surface area contributed by atoms with Crippen LogP contribution < -0.4 is 20.1 Å². The molecule has 0 bridgehead atoms. The van der Waals surface area contributed by atoms with Gasteiger partial charge in [-0.3, -0.25) is 14.2 Å². The molecule has 7 nitrogen and oxygen atoms in total. The van der Waals surface area contributed by atoms with Crippen LogP contribution in [0.2, 0.25) is 0 Å². The second-order valence-electron chi connectivity index (χ2n) is 6.63. The lowest BCUT2D eigenvalue weighted by molar-refractivity contribution is -0.137. The van der Waals surface area contributed by atoms with Crippen molar-refractivity contribution in [3.63, 3.8) is 0 Å². The molecule has 180 valence electrons. The predicted molar refractivity (Wildman–Crippen MR) is 126 cm³/mol. The zero-order valence-corrected chi connectivity index (χ0v) is 20.0. The van der Waals surface area contributed by atoms with Crippen LogP contribution in [0.15, 0.2) is 42.5 Å². The van der Waals surface area contributed by atoms with Gasteiger partial charge in [-0.2, -0.15) is 13.2 Å². The SMILES string of the molecule is COc1ccc(OC)c(NC(=O)c2sc(=S)n(-c3ccc(C(F)(F)F)cc3)c2NC(=O)CCl)c1. The maximum Gasteiger partial charge on any atom is 0.416 e. The molecule has 1 aromatic heterocycles. The lowest BCUT2D eigenvalue weighted by Crippen LogP contribution is -2.20. The molecule has 0 aliphatic rings. The van der Waals surface area contributed by atoms with E-state index in [1.165, 1.54) is 30.9 Å². The maximum absolute atomic E-state index is 13.2. The van der Waals surface area contributed by atoms with Crippen molar-refractivity contribution >= 4 is 58.5 Å². The summed E-state index contributed by atoms with van der Waals surface area (Å²) >= 11 is 11.8. The second kappa shape index (κ2) is 10.5. The van der Waals surface area contributed by atoms with Crippen molar-refractivity contribution in [2.24, 2.45) is 0 Å². The van der Waals surface area contributed by atoms with E-state index in [1.807, 2.05) is 0 Å². The molecule has 13 heteroatoms. The molecule has 0 spiro atoms. The molecular formula is C21H17ClF3N3O4S2. The van der Waals surface area contributed by atoms with E-state index in [4.69, 9.17) is 33.3 Å². The van der Waals surface area contributed by atoms with Crippen molar-refractivity contribution in [3.8, 4) is 17.2 Å². The average Bonchev–Trinajstić information content (AvgIpc) is 3.13. The van der Waals surface area contributed by atoms with Gasteiger partial charge in [0.1, 0.15) is 28.1 Å². The molecule has 1 heterocycles.